The molecule has 1 aromatic heterocycles. The lowest BCUT2D eigenvalue weighted by molar-refractivity contribution is 0.0950. The lowest BCUT2D eigenvalue weighted by atomic mass is 10.1. The molecule has 0 aliphatic heterocycles. The number of aromatic nitrogens is 1. The summed E-state index contributed by atoms with van der Waals surface area (Å²) in [6.45, 7) is 3.56. The van der Waals surface area contributed by atoms with Crippen LogP contribution in [0.4, 0.5) is 4.39 Å². The predicted molar refractivity (Wildman–Crippen MR) is 84.1 cm³/mol. The Bertz CT molecular complexity index is 803. The number of aromatic amines is 1. The highest BCUT2D eigenvalue weighted by molar-refractivity contribution is 6.36. The van der Waals surface area contributed by atoms with Gasteiger partial charge in [-0.3, -0.25) is 9.59 Å². The highest BCUT2D eigenvalue weighted by atomic mass is 35.5. The zero-order valence-electron chi connectivity index (χ0n) is 11.9. The summed E-state index contributed by atoms with van der Waals surface area (Å²) in [5.41, 5.74) is 1.62. The number of aryl methyl sites for hydroxylation is 2. The Morgan fingerprint density at radius 1 is 1.23 bits per heavy atom. The number of halogens is 3. The molecule has 2 aromatic rings. The van der Waals surface area contributed by atoms with E-state index < -0.39 is 11.7 Å². The summed E-state index contributed by atoms with van der Waals surface area (Å²) in [5, 5.41) is 2.43. The maximum absolute atomic E-state index is 13.4. The second kappa shape index (κ2) is 6.50. The number of hydrogen-bond donors (Lipinski definition) is 2. The van der Waals surface area contributed by atoms with E-state index in [0.717, 1.165) is 23.4 Å². The molecule has 1 heterocycles. The molecule has 2 N–H and O–H groups in total. The van der Waals surface area contributed by atoms with Crippen molar-refractivity contribution >= 4 is 29.1 Å². The zero-order chi connectivity index (χ0) is 16.4. The van der Waals surface area contributed by atoms with Crippen molar-refractivity contribution in [1.82, 2.24) is 10.3 Å². The third kappa shape index (κ3) is 3.48. The number of nitrogens with one attached hydrogen (secondary N) is 2. The van der Waals surface area contributed by atoms with Crippen LogP contribution in [0.2, 0.25) is 10.0 Å². The monoisotopic (exact) mass is 342 g/mol. The fourth-order valence-electron chi connectivity index (χ4n) is 2.06. The molecule has 2 rings (SSSR count). The van der Waals surface area contributed by atoms with Gasteiger partial charge in [0.1, 0.15) is 5.82 Å². The Morgan fingerprint density at radius 3 is 2.55 bits per heavy atom. The number of benzene rings is 1. The van der Waals surface area contributed by atoms with Crippen LogP contribution in [0.5, 0.6) is 0 Å². The van der Waals surface area contributed by atoms with Gasteiger partial charge in [0.15, 0.2) is 0 Å². The molecule has 7 heteroatoms. The van der Waals surface area contributed by atoms with E-state index in [4.69, 9.17) is 23.2 Å². The minimum atomic E-state index is -0.736. The normalized spacial score (nSPS) is 10.6. The summed E-state index contributed by atoms with van der Waals surface area (Å²) in [7, 11) is 0. The molecule has 1 amide bonds. The quantitative estimate of drug-likeness (QED) is 0.840. The van der Waals surface area contributed by atoms with E-state index >= 15 is 0 Å². The smallest absolute Gasteiger partial charge is 0.253 e. The van der Waals surface area contributed by atoms with Crippen LogP contribution in [0.3, 0.4) is 0 Å². The lowest BCUT2D eigenvalue weighted by Crippen LogP contribution is -2.28. The van der Waals surface area contributed by atoms with Gasteiger partial charge in [0, 0.05) is 17.8 Å². The van der Waals surface area contributed by atoms with E-state index in [-0.39, 0.29) is 27.7 Å². The summed E-state index contributed by atoms with van der Waals surface area (Å²) in [4.78, 5) is 26.6. The number of H-pyrrole nitrogens is 1. The molecule has 1 aromatic carbocycles. The molecule has 0 bridgehead atoms. The van der Waals surface area contributed by atoms with Crippen molar-refractivity contribution in [2.45, 2.75) is 20.4 Å². The van der Waals surface area contributed by atoms with E-state index in [9.17, 15) is 14.0 Å². The van der Waals surface area contributed by atoms with Gasteiger partial charge in [0.25, 0.3) is 11.5 Å². The highest BCUT2D eigenvalue weighted by Gasteiger charge is 2.15. The topological polar surface area (TPSA) is 62.0 Å². The Kier molecular flexibility index (Phi) is 4.88. The van der Waals surface area contributed by atoms with Gasteiger partial charge in [0.05, 0.1) is 15.6 Å². The summed E-state index contributed by atoms with van der Waals surface area (Å²) >= 11 is 11.5. The van der Waals surface area contributed by atoms with E-state index in [1.54, 1.807) is 19.9 Å². The predicted octanol–water partition coefficient (Wildman–Crippen LogP) is 3.37. The highest BCUT2D eigenvalue weighted by Crippen LogP contribution is 2.24. The maximum atomic E-state index is 13.4. The minimum Gasteiger partial charge on any atom is -0.348 e. The molecule has 0 fully saturated rings. The fourth-order valence-corrected chi connectivity index (χ4v) is 2.53. The summed E-state index contributed by atoms with van der Waals surface area (Å²) in [5.74, 6) is -1.32. The van der Waals surface area contributed by atoms with Crippen molar-refractivity contribution in [1.29, 1.82) is 0 Å². The summed E-state index contributed by atoms with van der Waals surface area (Å²) < 4.78 is 13.4. The van der Waals surface area contributed by atoms with E-state index in [1.165, 1.54) is 0 Å². The number of carbonyl (C=O) groups excluding carboxylic acids is 1. The van der Waals surface area contributed by atoms with Crippen LogP contribution in [0.25, 0.3) is 0 Å². The SMILES string of the molecule is Cc1cc(C)c(CNC(=O)c2cc(F)c(Cl)cc2Cl)c(=O)[nH]1. The van der Waals surface area contributed by atoms with E-state index in [0.29, 0.717) is 5.56 Å². The molecular weight excluding hydrogens is 330 g/mol. The Balaban J connectivity index is 2.21. The second-order valence-corrected chi connectivity index (χ2v) is 5.69. The van der Waals surface area contributed by atoms with Crippen molar-refractivity contribution in [3.63, 3.8) is 0 Å². The largest absolute Gasteiger partial charge is 0.348 e. The first-order chi connectivity index (χ1) is 10.3. The van der Waals surface area contributed by atoms with Crippen molar-refractivity contribution < 1.29 is 9.18 Å². The molecule has 116 valence electrons. The third-order valence-electron chi connectivity index (χ3n) is 3.17. The van der Waals surface area contributed by atoms with E-state index in [2.05, 4.69) is 10.3 Å². The average Bonchev–Trinajstić information content (AvgIpc) is 2.41. The Labute approximate surface area is 136 Å². The van der Waals surface area contributed by atoms with Gasteiger partial charge in [0.2, 0.25) is 0 Å². The van der Waals surface area contributed by atoms with Crippen molar-refractivity contribution in [3.8, 4) is 0 Å². The van der Waals surface area contributed by atoms with Gasteiger partial charge in [-0.15, -0.1) is 0 Å². The number of amides is 1. The minimum absolute atomic E-state index is 0.0147. The van der Waals surface area contributed by atoms with Gasteiger partial charge in [-0.05, 0) is 37.6 Å². The Hall–Kier alpha value is -1.85. The molecule has 0 aliphatic rings. The van der Waals surface area contributed by atoms with Gasteiger partial charge >= 0.3 is 0 Å². The van der Waals surface area contributed by atoms with Gasteiger partial charge < -0.3 is 10.3 Å². The van der Waals surface area contributed by atoms with Crippen LogP contribution in [0.15, 0.2) is 23.0 Å². The van der Waals surface area contributed by atoms with Crippen LogP contribution >= 0.6 is 23.2 Å². The molecule has 0 spiro atoms. The van der Waals surface area contributed by atoms with Gasteiger partial charge in [-0.2, -0.15) is 0 Å². The lowest BCUT2D eigenvalue weighted by Gasteiger charge is -2.09. The molecular formula is C15H13Cl2FN2O2. The van der Waals surface area contributed by atoms with Gasteiger partial charge in [-0.25, -0.2) is 4.39 Å². The second-order valence-electron chi connectivity index (χ2n) is 4.87. The molecule has 0 radical (unpaired) electrons. The summed E-state index contributed by atoms with van der Waals surface area (Å²) in [6, 6.07) is 3.93. The first-order valence-corrected chi connectivity index (χ1v) is 7.17. The molecule has 4 nitrogen and oxygen atoms in total. The van der Waals surface area contributed by atoms with Crippen molar-refractivity contribution in [2.75, 3.05) is 0 Å². The van der Waals surface area contributed by atoms with Crippen LogP contribution < -0.4 is 10.9 Å². The fraction of sp³-hybridized carbons (Fsp3) is 0.200. The zero-order valence-corrected chi connectivity index (χ0v) is 13.4. The Morgan fingerprint density at radius 2 is 1.91 bits per heavy atom. The molecule has 0 aliphatic carbocycles. The van der Waals surface area contributed by atoms with Crippen LogP contribution in [0, 0.1) is 19.7 Å². The number of hydrogen-bond acceptors (Lipinski definition) is 2. The molecule has 0 atom stereocenters. The molecule has 0 saturated heterocycles. The first kappa shape index (κ1) is 16.5. The van der Waals surface area contributed by atoms with E-state index in [1.807, 2.05) is 0 Å². The molecule has 0 saturated carbocycles. The maximum Gasteiger partial charge on any atom is 0.253 e. The number of carbonyl (C=O) groups is 1. The standard InChI is InChI=1S/C15H13Cl2FN2O2/c1-7-3-8(2)20-15(22)10(7)6-19-14(21)9-4-13(18)12(17)5-11(9)16/h3-5H,6H2,1-2H3,(H,19,21)(H,20,22). The van der Waals surface area contributed by atoms with Crippen LogP contribution in [-0.4, -0.2) is 10.9 Å². The van der Waals surface area contributed by atoms with Crippen molar-refractivity contribution in [3.05, 3.63) is 66.8 Å². The van der Waals surface area contributed by atoms with Crippen molar-refractivity contribution in [2.24, 2.45) is 0 Å². The number of rotatable bonds is 3. The third-order valence-corrected chi connectivity index (χ3v) is 3.78. The average molecular weight is 343 g/mol. The van der Waals surface area contributed by atoms with Gasteiger partial charge in [-0.1, -0.05) is 23.2 Å². The number of pyridine rings is 1. The van der Waals surface area contributed by atoms with Crippen LogP contribution in [-0.2, 0) is 6.54 Å². The first-order valence-electron chi connectivity index (χ1n) is 6.41. The van der Waals surface area contributed by atoms with Crippen LogP contribution in [0.1, 0.15) is 27.2 Å². The summed E-state index contributed by atoms with van der Waals surface area (Å²) in [6.07, 6.45) is 0. The molecule has 22 heavy (non-hydrogen) atoms. The molecule has 0 unspecified atom stereocenters.